The van der Waals surface area contributed by atoms with Gasteiger partial charge in [0.1, 0.15) is 5.75 Å². The number of nitrogens with zero attached hydrogens (tertiary/aromatic N) is 1. The minimum Gasteiger partial charge on any atom is -0.497 e. The first-order valence-corrected chi connectivity index (χ1v) is 7.08. The van der Waals surface area contributed by atoms with Gasteiger partial charge in [0.05, 0.1) is 24.2 Å². The van der Waals surface area contributed by atoms with Crippen molar-refractivity contribution in [2.24, 2.45) is 0 Å². The highest BCUT2D eigenvalue weighted by atomic mass is 32.2. The largest absolute Gasteiger partial charge is 0.497 e. The molecular weight excluding hydrogens is 272 g/mol. The van der Waals surface area contributed by atoms with Gasteiger partial charge in [0.25, 0.3) is 0 Å². The predicted molar refractivity (Wildman–Crippen MR) is 81.2 cm³/mol. The number of carbonyl (C=O) groups excluding carboxylic acids is 1. The van der Waals surface area contributed by atoms with E-state index in [0.29, 0.717) is 5.69 Å². The standard InChI is InChI=1S/C15H16N2O2S/c1-11(15(18)17-12-4-3-9-16-10-12)20-14-7-5-13(19-2)6-8-14/h3-11H,1-2H3,(H,17,18)/t11-/m0/s1. The molecule has 4 nitrogen and oxygen atoms in total. The summed E-state index contributed by atoms with van der Waals surface area (Å²) in [5, 5.41) is 2.65. The summed E-state index contributed by atoms with van der Waals surface area (Å²) in [6.07, 6.45) is 3.30. The van der Waals surface area contributed by atoms with Gasteiger partial charge in [-0.05, 0) is 43.3 Å². The lowest BCUT2D eigenvalue weighted by Crippen LogP contribution is -2.22. The summed E-state index contributed by atoms with van der Waals surface area (Å²) in [6.45, 7) is 1.88. The second kappa shape index (κ2) is 6.96. The Labute approximate surface area is 122 Å². The van der Waals surface area contributed by atoms with Crippen LogP contribution in [0, 0.1) is 0 Å². The summed E-state index contributed by atoms with van der Waals surface area (Å²) >= 11 is 1.50. The number of nitrogens with one attached hydrogen (secondary N) is 1. The normalized spacial score (nSPS) is 11.7. The van der Waals surface area contributed by atoms with Crippen molar-refractivity contribution in [3.63, 3.8) is 0 Å². The van der Waals surface area contributed by atoms with Gasteiger partial charge in [0.15, 0.2) is 0 Å². The number of rotatable bonds is 5. The first-order valence-electron chi connectivity index (χ1n) is 6.20. The van der Waals surface area contributed by atoms with Crippen LogP contribution >= 0.6 is 11.8 Å². The van der Waals surface area contributed by atoms with E-state index in [1.807, 2.05) is 37.3 Å². The number of benzene rings is 1. The zero-order chi connectivity index (χ0) is 14.4. The minimum absolute atomic E-state index is 0.0428. The molecule has 20 heavy (non-hydrogen) atoms. The number of anilines is 1. The summed E-state index contributed by atoms with van der Waals surface area (Å²) in [6, 6.07) is 11.3. The van der Waals surface area contributed by atoms with E-state index in [2.05, 4.69) is 10.3 Å². The molecule has 0 aliphatic rings. The molecule has 0 radical (unpaired) electrons. The van der Waals surface area contributed by atoms with Crippen LogP contribution in [-0.2, 0) is 4.79 Å². The smallest absolute Gasteiger partial charge is 0.237 e. The van der Waals surface area contributed by atoms with E-state index in [0.717, 1.165) is 10.6 Å². The van der Waals surface area contributed by atoms with Crippen molar-refractivity contribution < 1.29 is 9.53 Å². The number of amides is 1. The molecule has 0 bridgehead atoms. The zero-order valence-corrected chi connectivity index (χ0v) is 12.2. The lowest BCUT2D eigenvalue weighted by atomic mass is 10.3. The molecule has 0 unspecified atom stereocenters. The van der Waals surface area contributed by atoms with Crippen LogP contribution in [0.4, 0.5) is 5.69 Å². The van der Waals surface area contributed by atoms with Crippen LogP contribution in [0.3, 0.4) is 0 Å². The van der Waals surface area contributed by atoms with Crippen molar-refractivity contribution in [2.45, 2.75) is 17.1 Å². The quantitative estimate of drug-likeness (QED) is 0.858. The fraction of sp³-hybridized carbons (Fsp3) is 0.200. The molecule has 2 aromatic rings. The Morgan fingerprint density at radius 2 is 2.05 bits per heavy atom. The van der Waals surface area contributed by atoms with E-state index >= 15 is 0 Å². The first kappa shape index (κ1) is 14.4. The first-order chi connectivity index (χ1) is 9.69. The molecule has 1 heterocycles. The highest BCUT2D eigenvalue weighted by Gasteiger charge is 2.14. The van der Waals surface area contributed by atoms with Crippen LogP contribution in [0.25, 0.3) is 0 Å². The molecule has 1 aromatic carbocycles. The van der Waals surface area contributed by atoms with Crippen LogP contribution in [0.15, 0.2) is 53.7 Å². The van der Waals surface area contributed by atoms with E-state index in [1.165, 1.54) is 11.8 Å². The number of methoxy groups -OCH3 is 1. The highest BCUT2D eigenvalue weighted by molar-refractivity contribution is 8.00. The van der Waals surface area contributed by atoms with Crippen LogP contribution in [0.5, 0.6) is 5.75 Å². The second-order valence-corrected chi connectivity index (χ2v) is 5.58. The molecule has 2 rings (SSSR count). The maximum Gasteiger partial charge on any atom is 0.237 e. The Kier molecular flexibility index (Phi) is 5.01. The molecule has 1 N–H and O–H groups in total. The zero-order valence-electron chi connectivity index (χ0n) is 11.4. The number of aromatic nitrogens is 1. The molecule has 0 aliphatic heterocycles. The van der Waals surface area contributed by atoms with Gasteiger partial charge in [-0.25, -0.2) is 0 Å². The monoisotopic (exact) mass is 288 g/mol. The third-order valence-corrected chi connectivity index (χ3v) is 3.78. The predicted octanol–water partition coefficient (Wildman–Crippen LogP) is 3.21. The van der Waals surface area contributed by atoms with E-state index in [1.54, 1.807) is 25.6 Å². The van der Waals surface area contributed by atoms with Gasteiger partial charge in [-0.1, -0.05) is 0 Å². The third kappa shape index (κ3) is 3.99. The van der Waals surface area contributed by atoms with Crippen molar-refractivity contribution in [1.29, 1.82) is 0 Å². The van der Waals surface area contributed by atoms with Gasteiger partial charge in [-0.2, -0.15) is 0 Å². The Morgan fingerprint density at radius 1 is 1.30 bits per heavy atom. The average Bonchev–Trinajstić information content (AvgIpc) is 2.49. The lowest BCUT2D eigenvalue weighted by Gasteiger charge is -2.12. The SMILES string of the molecule is COc1ccc(S[C@@H](C)C(=O)Nc2cccnc2)cc1. The van der Waals surface area contributed by atoms with Crippen molar-refractivity contribution in [3.8, 4) is 5.75 Å². The molecular formula is C15H16N2O2S. The van der Waals surface area contributed by atoms with Gasteiger partial charge in [0.2, 0.25) is 5.91 Å². The molecule has 0 aliphatic carbocycles. The summed E-state index contributed by atoms with van der Waals surface area (Å²) in [7, 11) is 1.63. The van der Waals surface area contributed by atoms with Crippen molar-refractivity contribution in [3.05, 3.63) is 48.8 Å². The highest BCUT2D eigenvalue weighted by Crippen LogP contribution is 2.26. The number of thioether (sulfide) groups is 1. The average molecular weight is 288 g/mol. The number of hydrogen-bond donors (Lipinski definition) is 1. The van der Waals surface area contributed by atoms with Gasteiger partial charge >= 0.3 is 0 Å². The summed E-state index contributed by atoms with van der Waals surface area (Å²) in [4.78, 5) is 17.0. The minimum atomic E-state index is -0.191. The number of pyridine rings is 1. The number of hydrogen-bond acceptors (Lipinski definition) is 4. The van der Waals surface area contributed by atoms with E-state index in [9.17, 15) is 4.79 Å². The summed E-state index contributed by atoms with van der Waals surface area (Å²) < 4.78 is 5.11. The molecule has 0 spiro atoms. The summed E-state index contributed by atoms with van der Waals surface area (Å²) in [5.41, 5.74) is 0.708. The molecule has 0 saturated heterocycles. The molecule has 104 valence electrons. The van der Waals surface area contributed by atoms with E-state index in [-0.39, 0.29) is 11.2 Å². The van der Waals surface area contributed by atoms with Crippen LogP contribution in [0.2, 0.25) is 0 Å². The maximum atomic E-state index is 12.1. The van der Waals surface area contributed by atoms with E-state index < -0.39 is 0 Å². The second-order valence-electron chi connectivity index (χ2n) is 4.17. The van der Waals surface area contributed by atoms with Gasteiger partial charge < -0.3 is 10.1 Å². The number of carbonyl (C=O) groups is 1. The van der Waals surface area contributed by atoms with Crippen LogP contribution in [-0.4, -0.2) is 23.3 Å². The molecule has 1 aromatic heterocycles. The van der Waals surface area contributed by atoms with Crippen LogP contribution in [0.1, 0.15) is 6.92 Å². The topological polar surface area (TPSA) is 51.2 Å². The number of ether oxygens (including phenoxy) is 1. The van der Waals surface area contributed by atoms with Crippen molar-refractivity contribution >= 4 is 23.4 Å². The molecule has 1 amide bonds. The molecule has 1 atom stereocenters. The maximum absolute atomic E-state index is 12.1. The van der Waals surface area contributed by atoms with Gasteiger partial charge in [-0.15, -0.1) is 11.8 Å². The lowest BCUT2D eigenvalue weighted by molar-refractivity contribution is -0.115. The Hall–Kier alpha value is -2.01. The van der Waals surface area contributed by atoms with Gasteiger partial charge in [-0.3, -0.25) is 9.78 Å². The molecule has 5 heteroatoms. The third-order valence-electron chi connectivity index (χ3n) is 2.67. The summed E-state index contributed by atoms with van der Waals surface area (Å²) in [5.74, 6) is 0.764. The fourth-order valence-corrected chi connectivity index (χ4v) is 2.46. The molecule has 0 fully saturated rings. The molecule has 0 saturated carbocycles. The Bertz CT molecular complexity index is 558. The fourth-order valence-electron chi connectivity index (χ4n) is 1.59. The van der Waals surface area contributed by atoms with Gasteiger partial charge in [0, 0.05) is 11.1 Å². The Morgan fingerprint density at radius 3 is 2.65 bits per heavy atom. The van der Waals surface area contributed by atoms with Crippen LogP contribution < -0.4 is 10.1 Å². The van der Waals surface area contributed by atoms with E-state index in [4.69, 9.17) is 4.74 Å². The van der Waals surface area contributed by atoms with Crippen molar-refractivity contribution in [2.75, 3.05) is 12.4 Å². The Balaban J connectivity index is 1.93. The van der Waals surface area contributed by atoms with Crippen molar-refractivity contribution in [1.82, 2.24) is 4.98 Å².